The topological polar surface area (TPSA) is 65.5 Å². The van der Waals surface area contributed by atoms with E-state index in [-0.39, 0.29) is 24.2 Å². The molecule has 2 aromatic rings. The van der Waals surface area contributed by atoms with Crippen LogP contribution < -0.4 is 12.4 Å². The van der Waals surface area contributed by atoms with Crippen molar-refractivity contribution in [1.82, 2.24) is 4.90 Å². The highest BCUT2D eigenvalue weighted by atomic mass is 35.5. The molecule has 5 nitrogen and oxygen atoms in total. The highest BCUT2D eigenvalue weighted by Crippen LogP contribution is 2.22. The maximum absolute atomic E-state index is 12.2. The zero-order valence-corrected chi connectivity index (χ0v) is 12.3. The van der Waals surface area contributed by atoms with Gasteiger partial charge in [-0.1, -0.05) is 24.3 Å². The van der Waals surface area contributed by atoms with E-state index in [9.17, 15) is 9.59 Å². The van der Waals surface area contributed by atoms with E-state index in [4.69, 9.17) is 5.39 Å². The van der Waals surface area contributed by atoms with Crippen LogP contribution in [0.25, 0.3) is 4.98 Å². The van der Waals surface area contributed by atoms with Crippen molar-refractivity contribution >= 4 is 17.5 Å². The molecule has 0 unspecified atom stereocenters. The van der Waals surface area contributed by atoms with E-state index >= 15 is 0 Å². The number of carbonyl (C=O) groups excluding carboxylic acids is 2. The van der Waals surface area contributed by atoms with Crippen molar-refractivity contribution in [3.05, 3.63) is 70.2 Å². The Kier molecular flexibility index (Phi) is 4.54. The summed E-state index contributed by atoms with van der Waals surface area (Å²) >= 11 is 0. The maximum atomic E-state index is 12.2. The van der Waals surface area contributed by atoms with Gasteiger partial charge >= 0.3 is 5.69 Å². The van der Waals surface area contributed by atoms with E-state index in [1.807, 2.05) is 12.1 Å². The van der Waals surface area contributed by atoms with Crippen LogP contribution in [0, 0.1) is 5.39 Å². The average Bonchev–Trinajstić information content (AvgIpc) is 2.78. The van der Waals surface area contributed by atoms with E-state index in [2.05, 4.69) is 4.98 Å². The predicted octanol–water partition coefficient (Wildman–Crippen LogP) is 0.0139. The second-order valence-electron chi connectivity index (χ2n) is 4.82. The van der Waals surface area contributed by atoms with Gasteiger partial charge in [-0.15, -0.1) is 0 Å². The van der Waals surface area contributed by atoms with Crippen LogP contribution in [0.4, 0.5) is 5.69 Å². The predicted molar refractivity (Wildman–Crippen MR) is 76.7 cm³/mol. The number of hydrogen-bond donors (Lipinski definition) is 0. The first-order chi connectivity index (χ1) is 10.2. The Morgan fingerprint density at radius 2 is 1.45 bits per heavy atom. The highest BCUT2D eigenvalue weighted by Gasteiger charge is 2.34. The molecule has 2 amide bonds. The molecule has 6 heteroatoms. The molecule has 0 spiro atoms. The minimum absolute atomic E-state index is 0. The molecule has 0 bridgehead atoms. The van der Waals surface area contributed by atoms with Crippen molar-refractivity contribution in [2.75, 3.05) is 6.54 Å². The fraction of sp³-hybridized carbons (Fsp3) is 0.125. The Labute approximate surface area is 133 Å². The minimum Gasteiger partial charge on any atom is -1.00 e. The summed E-state index contributed by atoms with van der Waals surface area (Å²) in [6.07, 6.45) is 0.567. The third-order valence-electron chi connectivity index (χ3n) is 3.55. The van der Waals surface area contributed by atoms with Gasteiger partial charge < -0.3 is 12.4 Å². The van der Waals surface area contributed by atoms with E-state index in [0.29, 0.717) is 29.8 Å². The molecule has 0 radical (unpaired) electrons. The van der Waals surface area contributed by atoms with Crippen LogP contribution in [0.2, 0.25) is 0 Å². The molecule has 0 saturated heterocycles. The molecule has 3 rings (SSSR count). The highest BCUT2D eigenvalue weighted by molar-refractivity contribution is 6.21. The van der Waals surface area contributed by atoms with Gasteiger partial charge in [-0.05, 0) is 24.1 Å². The van der Waals surface area contributed by atoms with Crippen LogP contribution in [0.5, 0.6) is 0 Å². The Morgan fingerprint density at radius 3 is 1.95 bits per heavy atom. The van der Waals surface area contributed by atoms with Crippen molar-refractivity contribution in [3.63, 3.8) is 0 Å². The first kappa shape index (κ1) is 15.7. The Morgan fingerprint density at radius 1 is 0.909 bits per heavy atom. The van der Waals surface area contributed by atoms with Crippen LogP contribution in [-0.2, 0) is 6.42 Å². The standard InChI is InChI=1S/C16H12N3O2.ClH/c17-18-12-7-5-11(6-8-12)9-10-19-15(20)13-3-1-2-4-14(13)16(19)21;/h1-8H,9-10H2;1H/q+1;/p-1. The Hall–Kier alpha value is -2.71. The second-order valence-corrected chi connectivity index (χ2v) is 4.82. The van der Waals surface area contributed by atoms with E-state index in [0.717, 1.165) is 5.56 Å². The number of carbonyl (C=O) groups is 2. The summed E-state index contributed by atoms with van der Waals surface area (Å²) in [6.45, 7) is 0.335. The molecule has 0 N–H and O–H groups in total. The van der Waals surface area contributed by atoms with Crippen LogP contribution in [0.3, 0.4) is 0 Å². The normalized spacial score (nSPS) is 12.6. The third-order valence-corrected chi connectivity index (χ3v) is 3.55. The lowest BCUT2D eigenvalue weighted by Gasteiger charge is -2.13. The van der Waals surface area contributed by atoms with E-state index in [1.54, 1.807) is 36.4 Å². The number of fused-ring (bicyclic) bond motifs is 1. The van der Waals surface area contributed by atoms with Gasteiger partial charge in [-0.2, -0.15) is 0 Å². The molecule has 22 heavy (non-hydrogen) atoms. The van der Waals surface area contributed by atoms with Gasteiger partial charge in [0.25, 0.3) is 11.8 Å². The van der Waals surface area contributed by atoms with Crippen molar-refractivity contribution in [2.24, 2.45) is 0 Å². The lowest BCUT2D eigenvalue weighted by molar-refractivity contribution is -0.0000279. The zero-order chi connectivity index (χ0) is 14.8. The Balaban J connectivity index is 0.00000176. The number of halogens is 1. The monoisotopic (exact) mass is 313 g/mol. The van der Waals surface area contributed by atoms with Gasteiger partial charge in [-0.25, -0.2) is 0 Å². The number of imide groups is 1. The average molecular weight is 314 g/mol. The minimum atomic E-state index is -0.238. The van der Waals surface area contributed by atoms with Gasteiger partial charge in [0.2, 0.25) is 5.39 Å². The van der Waals surface area contributed by atoms with Crippen molar-refractivity contribution in [2.45, 2.75) is 6.42 Å². The number of nitrogens with zero attached hydrogens (tertiary/aromatic N) is 3. The zero-order valence-electron chi connectivity index (χ0n) is 11.6. The lowest BCUT2D eigenvalue weighted by atomic mass is 10.1. The van der Waals surface area contributed by atoms with E-state index in [1.165, 1.54) is 4.90 Å². The molecule has 0 atom stereocenters. The molecule has 0 aliphatic carbocycles. The first-order valence-corrected chi connectivity index (χ1v) is 6.60. The largest absolute Gasteiger partial charge is 1.00 e. The van der Waals surface area contributed by atoms with Gasteiger partial charge in [0, 0.05) is 18.7 Å². The van der Waals surface area contributed by atoms with Crippen LogP contribution in [0.15, 0.2) is 48.5 Å². The summed E-state index contributed by atoms with van der Waals surface area (Å²) in [4.78, 5) is 28.7. The fourth-order valence-corrected chi connectivity index (χ4v) is 2.41. The quantitative estimate of drug-likeness (QED) is 0.592. The van der Waals surface area contributed by atoms with Crippen molar-refractivity contribution in [3.8, 4) is 0 Å². The van der Waals surface area contributed by atoms with Gasteiger partial charge in [0.15, 0.2) is 4.98 Å². The molecule has 2 aromatic carbocycles. The molecule has 1 aliphatic rings. The van der Waals surface area contributed by atoms with Crippen LogP contribution in [0.1, 0.15) is 26.3 Å². The SMILES string of the molecule is N#[N+]c1ccc(CCN2C(=O)c3ccccc3C2=O)cc1.[Cl-]. The van der Waals surface area contributed by atoms with Gasteiger partial charge in [0.05, 0.1) is 11.1 Å². The van der Waals surface area contributed by atoms with Crippen LogP contribution in [-0.4, -0.2) is 23.3 Å². The summed E-state index contributed by atoms with van der Waals surface area (Å²) in [5.74, 6) is -0.477. The molecule has 0 fully saturated rings. The second kappa shape index (κ2) is 6.37. The number of rotatable bonds is 3. The molecule has 0 saturated carbocycles. The number of hydrogen-bond acceptors (Lipinski definition) is 3. The Bertz CT molecular complexity index is 731. The first-order valence-electron chi connectivity index (χ1n) is 6.60. The number of diazo groups is 1. The molecular weight excluding hydrogens is 302 g/mol. The molecule has 1 aliphatic heterocycles. The molecule has 0 aromatic heterocycles. The van der Waals surface area contributed by atoms with Gasteiger partial charge in [-0.3, -0.25) is 14.5 Å². The number of benzene rings is 2. The maximum Gasteiger partial charge on any atom is 0.385 e. The summed E-state index contributed by atoms with van der Waals surface area (Å²) < 4.78 is 0. The third kappa shape index (κ3) is 2.69. The molecule has 110 valence electrons. The summed E-state index contributed by atoms with van der Waals surface area (Å²) in [6, 6.07) is 13.8. The van der Waals surface area contributed by atoms with Gasteiger partial charge in [0.1, 0.15) is 0 Å². The summed E-state index contributed by atoms with van der Waals surface area (Å²) in [5.41, 5.74) is 2.38. The fourth-order valence-electron chi connectivity index (χ4n) is 2.41. The van der Waals surface area contributed by atoms with Crippen molar-refractivity contribution < 1.29 is 22.0 Å². The van der Waals surface area contributed by atoms with Crippen molar-refractivity contribution in [1.29, 1.82) is 5.39 Å². The number of amides is 2. The van der Waals surface area contributed by atoms with E-state index < -0.39 is 0 Å². The summed E-state index contributed by atoms with van der Waals surface area (Å²) in [5, 5.41) is 8.63. The molecule has 1 heterocycles. The smallest absolute Gasteiger partial charge is 0.385 e. The summed E-state index contributed by atoms with van der Waals surface area (Å²) in [7, 11) is 0. The lowest BCUT2D eigenvalue weighted by Crippen LogP contribution is -3.00. The molecular formula is C16H12ClN3O2. The van der Waals surface area contributed by atoms with Crippen LogP contribution >= 0.6 is 0 Å².